The molecule has 0 saturated carbocycles. The number of benzene rings is 3. The van der Waals surface area contributed by atoms with Gasteiger partial charge in [-0.15, -0.1) is 0 Å². The summed E-state index contributed by atoms with van der Waals surface area (Å²) in [4.78, 5) is 56.0. The number of anilines is 2. The number of nitrogens with one attached hydrogen (secondary N) is 1. The molecule has 0 aromatic heterocycles. The fourth-order valence-corrected chi connectivity index (χ4v) is 6.62. The van der Waals surface area contributed by atoms with Crippen LogP contribution in [0.3, 0.4) is 0 Å². The van der Waals surface area contributed by atoms with Gasteiger partial charge < -0.3 is 10.2 Å². The van der Waals surface area contributed by atoms with Gasteiger partial charge in [-0.2, -0.15) is 0 Å². The van der Waals surface area contributed by atoms with Crippen molar-refractivity contribution in [3.8, 4) is 0 Å². The number of carbonyl (C=O) groups is 4. The van der Waals surface area contributed by atoms with Gasteiger partial charge in [-0.25, -0.2) is 0 Å². The summed E-state index contributed by atoms with van der Waals surface area (Å²) in [5.41, 5.74) is 1.92. The molecule has 2 aliphatic heterocycles. The molecule has 0 unspecified atom stereocenters. The predicted molar refractivity (Wildman–Crippen MR) is 142 cm³/mol. The zero-order valence-electron chi connectivity index (χ0n) is 20.2. The van der Waals surface area contributed by atoms with Crippen LogP contribution in [0.25, 0.3) is 6.08 Å². The van der Waals surface area contributed by atoms with E-state index in [0.29, 0.717) is 33.1 Å². The quantitative estimate of drug-likeness (QED) is 0.482. The van der Waals surface area contributed by atoms with Crippen molar-refractivity contribution in [1.29, 1.82) is 0 Å². The van der Waals surface area contributed by atoms with Crippen LogP contribution in [0.5, 0.6) is 0 Å². The first-order valence-corrected chi connectivity index (χ1v) is 12.5. The molecule has 1 aliphatic carbocycles. The van der Waals surface area contributed by atoms with Gasteiger partial charge in [-0.1, -0.05) is 66.2 Å². The number of fused-ring (bicyclic) bond motifs is 5. The van der Waals surface area contributed by atoms with E-state index in [1.54, 1.807) is 60.7 Å². The summed E-state index contributed by atoms with van der Waals surface area (Å²) in [5, 5.41) is 3.37. The lowest BCUT2D eigenvalue weighted by atomic mass is 9.64. The van der Waals surface area contributed by atoms with Crippen LogP contribution in [0.15, 0.2) is 72.8 Å². The highest BCUT2D eigenvalue weighted by Gasteiger charge is 2.71. The fraction of sp³-hybridized carbons (Fsp3) is 0.200. The van der Waals surface area contributed by atoms with Crippen molar-refractivity contribution in [2.24, 2.45) is 5.41 Å². The number of carbonyl (C=O) groups excluding carboxylic acids is 4. The molecule has 1 saturated heterocycles. The van der Waals surface area contributed by atoms with Crippen LogP contribution in [0.4, 0.5) is 11.4 Å². The minimum absolute atomic E-state index is 0.162. The van der Waals surface area contributed by atoms with Crippen molar-refractivity contribution in [2.45, 2.75) is 31.8 Å². The highest BCUT2D eigenvalue weighted by atomic mass is 35.5. The number of halogens is 1. The Morgan fingerprint density at radius 1 is 0.892 bits per heavy atom. The van der Waals surface area contributed by atoms with Crippen LogP contribution in [-0.2, 0) is 9.59 Å². The van der Waals surface area contributed by atoms with Crippen molar-refractivity contribution in [3.63, 3.8) is 0 Å². The number of Topliss-reactive ketones (excluding diaryl/α,β-unsaturated/α-hetero) is 3. The average Bonchev–Trinajstić information content (AvgIpc) is 3.31. The molecule has 1 N–H and O–H groups in total. The zero-order chi connectivity index (χ0) is 26.1. The third kappa shape index (κ3) is 3.12. The Morgan fingerprint density at radius 2 is 1.54 bits per heavy atom. The molecule has 0 bridgehead atoms. The lowest BCUT2D eigenvalue weighted by molar-refractivity contribution is -0.118. The van der Waals surface area contributed by atoms with Gasteiger partial charge in [0.05, 0.1) is 17.8 Å². The lowest BCUT2D eigenvalue weighted by Gasteiger charge is -2.37. The van der Waals surface area contributed by atoms with Crippen LogP contribution in [0.2, 0.25) is 5.02 Å². The van der Waals surface area contributed by atoms with E-state index >= 15 is 0 Å². The monoisotopic (exact) mass is 510 g/mol. The van der Waals surface area contributed by atoms with Gasteiger partial charge in [0.15, 0.2) is 17.3 Å². The van der Waals surface area contributed by atoms with E-state index in [2.05, 4.69) is 5.32 Å². The van der Waals surface area contributed by atoms with Crippen molar-refractivity contribution < 1.29 is 19.2 Å². The van der Waals surface area contributed by atoms with Crippen molar-refractivity contribution in [2.75, 3.05) is 10.2 Å². The molecule has 6 rings (SSSR count). The summed E-state index contributed by atoms with van der Waals surface area (Å²) < 4.78 is 0. The number of amides is 1. The van der Waals surface area contributed by atoms with Gasteiger partial charge in [0.2, 0.25) is 5.91 Å². The Morgan fingerprint density at radius 3 is 2.14 bits per heavy atom. The summed E-state index contributed by atoms with van der Waals surface area (Å²) in [5.74, 6) is -1.69. The van der Waals surface area contributed by atoms with Gasteiger partial charge in [-0.05, 0) is 36.8 Å². The first kappa shape index (κ1) is 23.4. The fourth-order valence-electron chi connectivity index (χ4n) is 6.49. The standard InChI is InChI=1S/C30H23ClN2O4/c1-16(34)27-26(18-10-12-19(31)13-11-18)30(28(36)20-6-3-4-7-21(20)29(30)37)25-15-14-22-23(32-17(2)35)8-5-9-24(22)33(25)27/h3-15,25-27H,1-2H3,(H,32,35)/t25-,26-,27+/m0/s1. The second-order valence-corrected chi connectivity index (χ2v) is 10.2. The van der Waals surface area contributed by atoms with Gasteiger partial charge in [0.25, 0.3) is 0 Å². The number of hydrogen-bond donors (Lipinski definition) is 1. The third-order valence-corrected chi connectivity index (χ3v) is 8.05. The second kappa shape index (κ2) is 8.25. The topological polar surface area (TPSA) is 83.6 Å². The Kier molecular flexibility index (Phi) is 5.21. The molecule has 3 atom stereocenters. The largest absolute Gasteiger partial charge is 0.352 e. The predicted octanol–water partition coefficient (Wildman–Crippen LogP) is 5.32. The van der Waals surface area contributed by atoms with E-state index in [9.17, 15) is 19.2 Å². The minimum atomic E-state index is -1.54. The molecule has 2 heterocycles. The summed E-state index contributed by atoms with van der Waals surface area (Å²) >= 11 is 6.19. The average molecular weight is 511 g/mol. The van der Waals surface area contributed by atoms with E-state index in [-0.39, 0.29) is 23.3 Å². The van der Waals surface area contributed by atoms with Gasteiger partial charge in [-0.3, -0.25) is 19.2 Å². The SMILES string of the molecule is CC(=O)Nc1cccc2c1C=C[C@@H]1N2[C@H](C(C)=O)[C@H](c2ccc(Cl)cc2)C12C(=O)c1ccccc1C2=O. The van der Waals surface area contributed by atoms with Crippen molar-refractivity contribution in [3.05, 3.63) is 100 Å². The molecule has 6 nitrogen and oxygen atoms in total. The van der Waals surface area contributed by atoms with Crippen molar-refractivity contribution in [1.82, 2.24) is 0 Å². The van der Waals surface area contributed by atoms with E-state index < -0.39 is 23.4 Å². The summed E-state index contributed by atoms with van der Waals surface area (Å²) in [6.07, 6.45) is 3.68. The molecule has 3 aliphatic rings. The molecule has 184 valence electrons. The Hall–Kier alpha value is -4.03. The Labute approximate surface area is 218 Å². The van der Waals surface area contributed by atoms with E-state index in [1.165, 1.54) is 13.8 Å². The van der Waals surface area contributed by atoms with Crippen LogP contribution in [0, 0.1) is 5.41 Å². The highest BCUT2D eigenvalue weighted by Crippen LogP contribution is 2.61. The normalized spacial score (nSPS) is 22.6. The molecular formula is C30H23ClN2O4. The Bertz CT molecular complexity index is 1510. The maximum atomic E-state index is 14.4. The highest BCUT2D eigenvalue weighted by molar-refractivity contribution is 6.32. The number of rotatable bonds is 3. The first-order chi connectivity index (χ1) is 17.8. The number of nitrogens with zero attached hydrogens (tertiary/aromatic N) is 1. The lowest BCUT2D eigenvalue weighted by Crippen LogP contribution is -2.48. The molecule has 37 heavy (non-hydrogen) atoms. The molecule has 1 spiro atoms. The molecule has 1 fully saturated rings. The molecule has 0 radical (unpaired) electrons. The molecule has 3 aromatic carbocycles. The smallest absolute Gasteiger partial charge is 0.221 e. The molecule has 3 aromatic rings. The maximum absolute atomic E-state index is 14.4. The Balaban J connectivity index is 1.65. The van der Waals surface area contributed by atoms with Gasteiger partial charge >= 0.3 is 0 Å². The van der Waals surface area contributed by atoms with Crippen LogP contribution < -0.4 is 10.2 Å². The number of ketones is 3. The van der Waals surface area contributed by atoms with Crippen LogP contribution in [0.1, 0.15) is 51.6 Å². The summed E-state index contributed by atoms with van der Waals surface area (Å²) in [6.45, 7) is 2.93. The van der Waals surface area contributed by atoms with E-state index in [1.807, 2.05) is 23.1 Å². The van der Waals surface area contributed by atoms with E-state index in [4.69, 9.17) is 11.6 Å². The third-order valence-electron chi connectivity index (χ3n) is 7.80. The molecular weight excluding hydrogens is 488 g/mol. The van der Waals surface area contributed by atoms with Crippen LogP contribution in [-0.4, -0.2) is 35.3 Å². The second-order valence-electron chi connectivity index (χ2n) is 9.79. The first-order valence-electron chi connectivity index (χ1n) is 12.1. The van der Waals surface area contributed by atoms with Gasteiger partial charge in [0, 0.05) is 40.2 Å². The number of hydrogen-bond acceptors (Lipinski definition) is 5. The summed E-state index contributed by atoms with van der Waals surface area (Å²) in [6, 6.07) is 17.8. The van der Waals surface area contributed by atoms with Crippen LogP contribution >= 0.6 is 11.6 Å². The minimum Gasteiger partial charge on any atom is -0.352 e. The van der Waals surface area contributed by atoms with Gasteiger partial charge in [0.1, 0.15) is 5.41 Å². The molecule has 1 amide bonds. The van der Waals surface area contributed by atoms with E-state index in [0.717, 1.165) is 5.56 Å². The van der Waals surface area contributed by atoms with Crippen molar-refractivity contribution >= 4 is 52.3 Å². The molecule has 7 heteroatoms. The summed E-state index contributed by atoms with van der Waals surface area (Å²) in [7, 11) is 0. The maximum Gasteiger partial charge on any atom is 0.221 e. The zero-order valence-corrected chi connectivity index (χ0v) is 21.0.